The molecule has 1 rings (SSSR count). The highest BCUT2D eigenvalue weighted by Crippen LogP contribution is 2.07. The normalized spacial score (nSPS) is 16.9. The molecule has 0 unspecified atom stereocenters. The minimum Gasteiger partial charge on any atom is -0.356 e. The molecular formula is C13H26N2O. The number of carbonyl (C=O) groups excluding carboxylic acids is 1. The smallest absolute Gasteiger partial charge is 0.220 e. The maximum Gasteiger partial charge on any atom is 0.220 e. The topological polar surface area (TPSA) is 32.3 Å². The van der Waals surface area contributed by atoms with Crippen molar-refractivity contribution in [2.45, 2.75) is 46.0 Å². The van der Waals surface area contributed by atoms with E-state index in [2.05, 4.69) is 24.1 Å². The zero-order chi connectivity index (χ0) is 11.8. The van der Waals surface area contributed by atoms with Gasteiger partial charge in [0.15, 0.2) is 0 Å². The fraction of sp³-hybridized carbons (Fsp3) is 0.923. The Morgan fingerprint density at radius 2 is 1.94 bits per heavy atom. The quantitative estimate of drug-likeness (QED) is 0.674. The maximum atomic E-state index is 11.4. The van der Waals surface area contributed by atoms with Crippen molar-refractivity contribution in [2.75, 3.05) is 26.2 Å². The van der Waals surface area contributed by atoms with E-state index in [0.717, 1.165) is 13.0 Å². The lowest BCUT2D eigenvalue weighted by Gasteiger charge is -2.14. The van der Waals surface area contributed by atoms with Gasteiger partial charge < -0.3 is 10.2 Å². The van der Waals surface area contributed by atoms with E-state index in [1.807, 2.05) is 0 Å². The molecule has 1 fully saturated rings. The van der Waals surface area contributed by atoms with Gasteiger partial charge in [0.05, 0.1) is 0 Å². The molecule has 0 spiro atoms. The second-order valence-corrected chi connectivity index (χ2v) is 5.20. The van der Waals surface area contributed by atoms with Crippen molar-refractivity contribution in [2.24, 2.45) is 5.92 Å². The molecule has 0 aromatic carbocycles. The predicted octanol–water partition coefficient (Wildman–Crippen LogP) is 2.02. The fourth-order valence-electron chi connectivity index (χ4n) is 2.14. The highest BCUT2D eigenvalue weighted by atomic mass is 16.1. The van der Waals surface area contributed by atoms with E-state index >= 15 is 0 Å². The van der Waals surface area contributed by atoms with Crippen LogP contribution >= 0.6 is 0 Å². The lowest BCUT2D eigenvalue weighted by molar-refractivity contribution is -0.121. The van der Waals surface area contributed by atoms with Crippen molar-refractivity contribution in [3.63, 3.8) is 0 Å². The molecule has 0 radical (unpaired) electrons. The third kappa shape index (κ3) is 6.11. The van der Waals surface area contributed by atoms with Crippen LogP contribution in [0, 0.1) is 5.92 Å². The number of carbonyl (C=O) groups is 1. The maximum absolute atomic E-state index is 11.4. The van der Waals surface area contributed by atoms with E-state index in [4.69, 9.17) is 0 Å². The average Bonchev–Trinajstić information content (AvgIpc) is 2.68. The summed E-state index contributed by atoms with van der Waals surface area (Å²) >= 11 is 0. The molecule has 1 amide bonds. The molecule has 1 N–H and O–H groups in total. The molecular weight excluding hydrogens is 200 g/mol. The number of rotatable bonds is 7. The molecule has 3 nitrogen and oxygen atoms in total. The van der Waals surface area contributed by atoms with Crippen LogP contribution in [0.25, 0.3) is 0 Å². The zero-order valence-electron chi connectivity index (χ0n) is 10.8. The summed E-state index contributed by atoms with van der Waals surface area (Å²) in [4.78, 5) is 13.9. The average molecular weight is 226 g/mol. The highest BCUT2D eigenvalue weighted by Gasteiger charge is 2.10. The Balaban J connectivity index is 1.89. The fourth-order valence-corrected chi connectivity index (χ4v) is 2.14. The van der Waals surface area contributed by atoms with Crippen molar-refractivity contribution in [1.82, 2.24) is 10.2 Å². The lowest BCUT2D eigenvalue weighted by atomic mass is 10.1. The summed E-state index contributed by atoms with van der Waals surface area (Å²) < 4.78 is 0. The Morgan fingerprint density at radius 1 is 1.25 bits per heavy atom. The molecule has 0 aromatic rings. The van der Waals surface area contributed by atoms with Crippen molar-refractivity contribution in [3.8, 4) is 0 Å². The summed E-state index contributed by atoms with van der Waals surface area (Å²) in [5.74, 6) is 0.667. The first kappa shape index (κ1) is 13.5. The van der Waals surface area contributed by atoms with Crippen LogP contribution in [0.4, 0.5) is 0 Å². The van der Waals surface area contributed by atoms with Crippen LogP contribution in [-0.2, 0) is 4.79 Å². The van der Waals surface area contributed by atoms with Crippen molar-refractivity contribution >= 4 is 5.91 Å². The van der Waals surface area contributed by atoms with Crippen LogP contribution in [0.2, 0.25) is 0 Å². The molecule has 0 saturated carbocycles. The van der Waals surface area contributed by atoms with Gasteiger partial charge in [0, 0.05) is 13.0 Å². The van der Waals surface area contributed by atoms with E-state index in [9.17, 15) is 4.79 Å². The molecule has 3 heteroatoms. The number of likely N-dealkylation sites (tertiary alicyclic amines) is 1. The largest absolute Gasteiger partial charge is 0.356 e. The molecule has 94 valence electrons. The predicted molar refractivity (Wildman–Crippen MR) is 67.4 cm³/mol. The Bertz CT molecular complexity index is 198. The molecule has 0 aliphatic carbocycles. The van der Waals surface area contributed by atoms with Gasteiger partial charge in [0.1, 0.15) is 0 Å². The van der Waals surface area contributed by atoms with E-state index in [-0.39, 0.29) is 5.91 Å². The van der Waals surface area contributed by atoms with Crippen molar-refractivity contribution in [3.05, 3.63) is 0 Å². The number of amides is 1. The molecule has 1 saturated heterocycles. The van der Waals surface area contributed by atoms with Gasteiger partial charge in [-0.2, -0.15) is 0 Å². The van der Waals surface area contributed by atoms with Crippen LogP contribution in [0.3, 0.4) is 0 Å². The van der Waals surface area contributed by atoms with Crippen molar-refractivity contribution in [1.29, 1.82) is 0 Å². The van der Waals surface area contributed by atoms with Gasteiger partial charge in [-0.05, 0) is 51.2 Å². The van der Waals surface area contributed by atoms with Gasteiger partial charge in [-0.25, -0.2) is 0 Å². The summed E-state index contributed by atoms with van der Waals surface area (Å²) in [7, 11) is 0. The van der Waals surface area contributed by atoms with Crippen LogP contribution in [-0.4, -0.2) is 37.0 Å². The van der Waals surface area contributed by atoms with E-state index in [0.29, 0.717) is 12.3 Å². The number of unbranched alkanes of at least 4 members (excludes halogenated alkanes) is 1. The Hall–Kier alpha value is -0.570. The molecule has 16 heavy (non-hydrogen) atoms. The second kappa shape index (κ2) is 7.66. The number of nitrogens with zero attached hydrogens (tertiary/aromatic N) is 1. The lowest BCUT2D eigenvalue weighted by Crippen LogP contribution is -2.26. The number of hydrogen-bond acceptors (Lipinski definition) is 2. The Labute approximate surface area is 99.6 Å². The van der Waals surface area contributed by atoms with Crippen LogP contribution < -0.4 is 5.32 Å². The Morgan fingerprint density at radius 3 is 2.56 bits per heavy atom. The second-order valence-electron chi connectivity index (χ2n) is 5.20. The molecule has 0 bridgehead atoms. The minimum atomic E-state index is 0.205. The number of nitrogens with one attached hydrogen (secondary N) is 1. The summed E-state index contributed by atoms with van der Waals surface area (Å²) in [6.45, 7) is 8.76. The van der Waals surface area contributed by atoms with Gasteiger partial charge in [-0.3, -0.25) is 4.79 Å². The molecule has 0 atom stereocenters. The van der Waals surface area contributed by atoms with E-state index in [1.54, 1.807) is 0 Å². The van der Waals surface area contributed by atoms with Gasteiger partial charge in [-0.15, -0.1) is 0 Å². The van der Waals surface area contributed by atoms with Crippen LogP contribution in [0.1, 0.15) is 46.0 Å². The van der Waals surface area contributed by atoms with Gasteiger partial charge >= 0.3 is 0 Å². The number of hydrogen-bond donors (Lipinski definition) is 1. The SMILES string of the molecule is CC(C)CC(=O)NCCCCN1CCCC1. The standard InChI is InChI=1S/C13H26N2O/c1-12(2)11-13(16)14-7-3-4-8-15-9-5-6-10-15/h12H,3-11H2,1-2H3,(H,14,16). The summed E-state index contributed by atoms with van der Waals surface area (Å²) in [5.41, 5.74) is 0. The van der Waals surface area contributed by atoms with Gasteiger partial charge in [0.25, 0.3) is 0 Å². The third-order valence-electron chi connectivity index (χ3n) is 3.02. The highest BCUT2D eigenvalue weighted by molar-refractivity contribution is 5.75. The molecule has 0 aromatic heterocycles. The van der Waals surface area contributed by atoms with E-state index < -0.39 is 0 Å². The zero-order valence-corrected chi connectivity index (χ0v) is 10.8. The summed E-state index contributed by atoms with van der Waals surface area (Å²) in [6.07, 6.45) is 5.71. The van der Waals surface area contributed by atoms with Crippen LogP contribution in [0.15, 0.2) is 0 Å². The summed E-state index contributed by atoms with van der Waals surface area (Å²) in [6, 6.07) is 0. The molecule has 1 aliphatic rings. The van der Waals surface area contributed by atoms with Gasteiger partial charge in [-0.1, -0.05) is 13.8 Å². The molecule has 1 aliphatic heterocycles. The molecule has 1 heterocycles. The van der Waals surface area contributed by atoms with E-state index in [1.165, 1.54) is 38.9 Å². The van der Waals surface area contributed by atoms with Gasteiger partial charge in [0.2, 0.25) is 5.91 Å². The first-order chi connectivity index (χ1) is 7.68. The minimum absolute atomic E-state index is 0.205. The summed E-state index contributed by atoms with van der Waals surface area (Å²) in [5, 5.41) is 2.98. The Kier molecular flexibility index (Phi) is 6.46. The van der Waals surface area contributed by atoms with Crippen molar-refractivity contribution < 1.29 is 4.79 Å². The van der Waals surface area contributed by atoms with Crippen LogP contribution in [0.5, 0.6) is 0 Å². The monoisotopic (exact) mass is 226 g/mol. The third-order valence-corrected chi connectivity index (χ3v) is 3.02. The first-order valence-electron chi connectivity index (χ1n) is 6.67. The first-order valence-corrected chi connectivity index (χ1v) is 6.67.